The van der Waals surface area contributed by atoms with Crippen LogP contribution in [0.5, 0.6) is 5.88 Å². The van der Waals surface area contributed by atoms with Crippen LogP contribution >= 0.6 is 0 Å². The molecule has 2 aromatic heterocycles. The number of nitrogens with zero attached hydrogens (tertiary/aromatic N) is 3. The zero-order chi connectivity index (χ0) is 27.7. The van der Waals surface area contributed by atoms with Gasteiger partial charge >= 0.3 is 0 Å². The highest BCUT2D eigenvalue weighted by Gasteiger charge is 2.34. The molecule has 2 heterocycles. The number of pyridine rings is 1. The monoisotopic (exact) mass is 535 g/mol. The first-order chi connectivity index (χ1) is 17.9. The average molecular weight is 536 g/mol. The molecule has 1 atom stereocenters. The van der Waals surface area contributed by atoms with Crippen LogP contribution in [0.4, 0.5) is 0 Å². The Morgan fingerprint density at radius 3 is 2.39 bits per heavy atom. The Hall–Kier alpha value is -4.42. The number of rotatable bonds is 9. The molecule has 12 heteroatoms. The number of fused-ring (bicyclic) bond motifs is 1. The number of aromatic amines is 1. The van der Waals surface area contributed by atoms with E-state index in [1.165, 1.54) is 57.5 Å². The van der Waals surface area contributed by atoms with E-state index in [1.807, 2.05) is 0 Å². The minimum Gasteiger partial charge on any atom is -0.481 e. The number of ether oxygens (including phenoxy) is 1. The van der Waals surface area contributed by atoms with Crippen LogP contribution in [-0.2, 0) is 10.0 Å². The summed E-state index contributed by atoms with van der Waals surface area (Å²) in [5.74, 6) is -2.96. The van der Waals surface area contributed by atoms with E-state index >= 15 is 0 Å². The Balaban J connectivity index is 1.81. The number of nitrogens with two attached hydrogens (primary N) is 1. The highest BCUT2D eigenvalue weighted by molar-refractivity contribution is 7.90. The van der Waals surface area contributed by atoms with Crippen molar-refractivity contribution in [1.29, 1.82) is 0 Å². The van der Waals surface area contributed by atoms with Crippen LogP contribution in [0.15, 0.2) is 76.2 Å². The lowest BCUT2D eigenvalue weighted by Gasteiger charge is -2.16. The van der Waals surface area contributed by atoms with Crippen molar-refractivity contribution in [2.24, 2.45) is 10.1 Å². The molecule has 0 aliphatic heterocycles. The summed E-state index contributed by atoms with van der Waals surface area (Å²) in [4.78, 5) is 38.7. The van der Waals surface area contributed by atoms with E-state index in [9.17, 15) is 23.1 Å². The number of methoxy groups -OCH3 is 1. The summed E-state index contributed by atoms with van der Waals surface area (Å²) in [6.07, 6.45) is 1.38. The van der Waals surface area contributed by atoms with Crippen molar-refractivity contribution in [1.82, 2.24) is 15.0 Å². The van der Waals surface area contributed by atoms with E-state index in [-0.39, 0.29) is 27.7 Å². The molecule has 4 rings (SSSR count). The number of Topliss-reactive ketones (excluding diaryl/α,β-unsaturated/α-hetero) is 2. The zero-order valence-corrected chi connectivity index (χ0v) is 21.6. The molecule has 0 aliphatic rings. The number of aromatic nitrogens is 3. The molecule has 196 valence electrons. The van der Waals surface area contributed by atoms with Crippen LogP contribution < -0.4 is 10.5 Å². The van der Waals surface area contributed by atoms with Crippen LogP contribution in [0.2, 0.25) is 0 Å². The topological polar surface area (TPSA) is 178 Å². The number of H-pyrrole nitrogens is 1. The number of hydrogen-bond acceptors (Lipinski definition) is 8. The number of benzene rings is 2. The van der Waals surface area contributed by atoms with Gasteiger partial charge in [-0.3, -0.25) is 9.59 Å². The fourth-order valence-electron chi connectivity index (χ4n) is 3.59. The van der Waals surface area contributed by atoms with Crippen molar-refractivity contribution in [3.05, 3.63) is 83.8 Å². The van der Waals surface area contributed by atoms with Crippen LogP contribution in [0.3, 0.4) is 0 Å². The molecule has 0 amide bonds. The lowest BCUT2D eigenvalue weighted by molar-refractivity contribution is 0.0855. The number of carbonyl (C=O) groups excluding carboxylic acids is 2. The maximum atomic E-state index is 13.8. The highest BCUT2D eigenvalue weighted by Crippen LogP contribution is 2.28. The second kappa shape index (κ2) is 10.1. The number of amidine groups is 1. The first kappa shape index (κ1) is 26.6. The molecule has 11 nitrogen and oxygen atoms in total. The number of para-hydroxylation sites is 2. The summed E-state index contributed by atoms with van der Waals surface area (Å²) in [6, 6.07) is 15.0. The van der Waals surface area contributed by atoms with E-state index in [0.29, 0.717) is 11.0 Å². The van der Waals surface area contributed by atoms with Gasteiger partial charge in [-0.15, -0.1) is 4.40 Å². The molecule has 4 aromatic rings. The molecular weight excluding hydrogens is 510 g/mol. The van der Waals surface area contributed by atoms with Gasteiger partial charge in [0.25, 0.3) is 10.0 Å². The molecule has 0 fully saturated rings. The number of nitrogens with one attached hydrogen (secondary N) is 1. The zero-order valence-electron chi connectivity index (χ0n) is 20.7. The maximum Gasteiger partial charge on any atom is 0.284 e. The van der Waals surface area contributed by atoms with E-state index in [0.717, 1.165) is 6.07 Å². The molecule has 1 unspecified atom stereocenters. The van der Waals surface area contributed by atoms with Crippen molar-refractivity contribution in [2.75, 3.05) is 7.11 Å². The number of sulfonamides is 1. The predicted octanol–water partition coefficient (Wildman–Crippen LogP) is 2.63. The predicted molar refractivity (Wildman–Crippen MR) is 140 cm³/mol. The Kier molecular flexibility index (Phi) is 7.11. The number of carbonyl (C=O) groups is 2. The molecular formula is C26H25N5O6S. The largest absolute Gasteiger partial charge is 0.481 e. The van der Waals surface area contributed by atoms with Crippen molar-refractivity contribution in [3.8, 4) is 5.88 Å². The third kappa shape index (κ3) is 5.45. The van der Waals surface area contributed by atoms with Gasteiger partial charge in [0.2, 0.25) is 5.88 Å². The standard InChI is InChI=1S/C26H25N5O6S/c1-26(2,34)25(27)31-38(35,36)17-8-6-7-15(13-17)22(32)21(23(33)16-11-12-28-20(14-16)37-3)24-29-18-9-4-5-10-19(18)30-24/h4-14,21,34H,1-3H3,(H2,27,31)(H,29,30). The molecule has 0 radical (unpaired) electrons. The average Bonchev–Trinajstić information content (AvgIpc) is 3.31. The molecule has 0 saturated heterocycles. The number of hydrogen-bond donors (Lipinski definition) is 3. The normalized spacial score (nSPS) is 13.3. The van der Waals surface area contributed by atoms with Crippen molar-refractivity contribution in [3.63, 3.8) is 0 Å². The SMILES string of the molecule is COc1cc(C(=O)C(C(=O)c2cccc(S(=O)(=O)N=C(N)C(C)(C)O)c2)c2nc3ccccc3[nH]2)ccn1. The summed E-state index contributed by atoms with van der Waals surface area (Å²) in [5.41, 5.74) is 5.22. The highest BCUT2D eigenvalue weighted by atomic mass is 32.2. The quantitative estimate of drug-likeness (QED) is 0.126. The van der Waals surface area contributed by atoms with Gasteiger partial charge in [0.1, 0.15) is 23.2 Å². The third-order valence-electron chi connectivity index (χ3n) is 5.70. The minimum atomic E-state index is -4.37. The Bertz CT molecular complexity index is 1640. The smallest absolute Gasteiger partial charge is 0.284 e. The fraction of sp³-hybridized carbons (Fsp3) is 0.192. The maximum absolute atomic E-state index is 13.8. The first-order valence-electron chi connectivity index (χ1n) is 11.4. The van der Waals surface area contributed by atoms with Crippen LogP contribution in [0.25, 0.3) is 11.0 Å². The lowest BCUT2D eigenvalue weighted by atomic mass is 9.89. The second-order valence-corrected chi connectivity index (χ2v) is 10.5. The van der Waals surface area contributed by atoms with Gasteiger partial charge in [-0.2, -0.15) is 8.42 Å². The molecule has 4 N–H and O–H groups in total. The summed E-state index contributed by atoms with van der Waals surface area (Å²) in [5, 5.41) is 9.97. The van der Waals surface area contributed by atoms with Crippen LogP contribution in [-0.4, -0.2) is 58.6 Å². The van der Waals surface area contributed by atoms with Gasteiger partial charge in [-0.05, 0) is 44.2 Å². The van der Waals surface area contributed by atoms with E-state index in [2.05, 4.69) is 19.3 Å². The number of imidazole rings is 1. The molecule has 0 spiro atoms. The van der Waals surface area contributed by atoms with Gasteiger partial charge in [0.15, 0.2) is 11.6 Å². The summed E-state index contributed by atoms with van der Waals surface area (Å²) in [7, 11) is -2.97. The number of aliphatic hydroxyl groups is 1. The second-order valence-electron chi connectivity index (χ2n) is 8.93. The lowest BCUT2D eigenvalue weighted by Crippen LogP contribution is -2.38. The Morgan fingerprint density at radius 1 is 1.05 bits per heavy atom. The van der Waals surface area contributed by atoms with Crippen molar-refractivity contribution >= 4 is 38.5 Å². The van der Waals surface area contributed by atoms with Gasteiger partial charge in [0, 0.05) is 23.4 Å². The summed E-state index contributed by atoms with van der Waals surface area (Å²) in [6.45, 7) is 2.58. The summed E-state index contributed by atoms with van der Waals surface area (Å²) >= 11 is 0. The van der Waals surface area contributed by atoms with E-state index < -0.39 is 38.9 Å². The Labute approximate surface area is 218 Å². The van der Waals surface area contributed by atoms with Gasteiger partial charge in [-0.1, -0.05) is 24.3 Å². The number of ketones is 2. The van der Waals surface area contributed by atoms with Gasteiger partial charge in [-0.25, -0.2) is 9.97 Å². The fourth-order valence-corrected chi connectivity index (χ4v) is 4.70. The molecule has 0 saturated carbocycles. The van der Waals surface area contributed by atoms with Gasteiger partial charge < -0.3 is 20.6 Å². The third-order valence-corrected chi connectivity index (χ3v) is 6.98. The summed E-state index contributed by atoms with van der Waals surface area (Å²) < 4.78 is 34.3. The molecule has 0 aliphatic carbocycles. The van der Waals surface area contributed by atoms with E-state index in [1.54, 1.807) is 24.3 Å². The van der Waals surface area contributed by atoms with Crippen LogP contribution in [0, 0.1) is 0 Å². The molecule has 38 heavy (non-hydrogen) atoms. The molecule has 2 aromatic carbocycles. The van der Waals surface area contributed by atoms with Crippen molar-refractivity contribution in [2.45, 2.75) is 30.3 Å². The Morgan fingerprint density at radius 2 is 1.74 bits per heavy atom. The first-order valence-corrected chi connectivity index (χ1v) is 12.8. The van der Waals surface area contributed by atoms with Crippen molar-refractivity contribution < 1.29 is 27.9 Å². The van der Waals surface area contributed by atoms with Crippen LogP contribution in [0.1, 0.15) is 46.3 Å². The van der Waals surface area contributed by atoms with E-state index in [4.69, 9.17) is 10.5 Å². The molecule has 0 bridgehead atoms. The van der Waals surface area contributed by atoms with Gasteiger partial charge in [0.05, 0.1) is 23.0 Å². The minimum absolute atomic E-state index is 0.0667.